The highest BCUT2D eigenvalue weighted by Gasteiger charge is 2.30. The monoisotopic (exact) mass is 509 g/mol. The van der Waals surface area contributed by atoms with Crippen molar-refractivity contribution in [3.63, 3.8) is 0 Å². The molecule has 1 aromatic heterocycles. The topological polar surface area (TPSA) is 119 Å². The molecule has 0 saturated heterocycles. The molecule has 1 amide bonds. The highest BCUT2D eigenvalue weighted by molar-refractivity contribution is 7.91. The van der Waals surface area contributed by atoms with Crippen LogP contribution in [0, 0.1) is 6.92 Å². The van der Waals surface area contributed by atoms with Crippen molar-refractivity contribution in [2.45, 2.75) is 29.8 Å². The van der Waals surface area contributed by atoms with Crippen molar-refractivity contribution in [3.8, 4) is 0 Å². The normalized spacial score (nSPS) is 11.3. The van der Waals surface area contributed by atoms with E-state index in [1.54, 1.807) is 48.5 Å². The molecule has 4 rings (SSSR count). The van der Waals surface area contributed by atoms with E-state index in [1.165, 1.54) is 16.8 Å². The summed E-state index contributed by atoms with van der Waals surface area (Å²) >= 11 is 5.90. The van der Waals surface area contributed by atoms with Gasteiger partial charge in [0.2, 0.25) is 15.7 Å². The minimum Gasteiger partial charge on any atom is -0.383 e. The van der Waals surface area contributed by atoms with Crippen LogP contribution in [0.4, 0.5) is 17.3 Å². The van der Waals surface area contributed by atoms with Crippen molar-refractivity contribution in [1.29, 1.82) is 0 Å². The lowest BCUT2D eigenvalue weighted by Crippen LogP contribution is -2.28. The number of hydrogen-bond acceptors (Lipinski definition) is 6. The SMILES string of the molecule is Cc1cccc(Nc2nn(CC(=O)NCc3ccc(Cl)cc3)c(N)c2S(=O)(=O)c2ccccc2)c1. The van der Waals surface area contributed by atoms with Gasteiger partial charge in [0.05, 0.1) is 4.90 Å². The molecule has 4 N–H and O–H groups in total. The molecule has 1 heterocycles. The lowest BCUT2D eigenvalue weighted by atomic mass is 10.2. The average Bonchev–Trinajstić information content (AvgIpc) is 3.14. The summed E-state index contributed by atoms with van der Waals surface area (Å²) in [4.78, 5) is 12.5. The number of halogens is 1. The Morgan fingerprint density at radius 1 is 1.03 bits per heavy atom. The molecule has 0 radical (unpaired) electrons. The molecule has 10 heteroatoms. The quantitative estimate of drug-likeness (QED) is 0.325. The summed E-state index contributed by atoms with van der Waals surface area (Å²) in [7, 11) is -4.02. The Kier molecular flexibility index (Phi) is 7.09. The number of anilines is 3. The smallest absolute Gasteiger partial charge is 0.242 e. The second kappa shape index (κ2) is 10.2. The van der Waals surface area contributed by atoms with E-state index < -0.39 is 9.84 Å². The van der Waals surface area contributed by atoms with Crippen LogP contribution in [0.2, 0.25) is 5.02 Å². The first-order chi connectivity index (χ1) is 16.7. The third kappa shape index (κ3) is 5.64. The van der Waals surface area contributed by atoms with Crippen molar-refractivity contribution in [2.24, 2.45) is 0 Å². The number of rotatable bonds is 8. The average molecular weight is 510 g/mol. The van der Waals surface area contributed by atoms with Crippen LogP contribution in [0.1, 0.15) is 11.1 Å². The number of sulfone groups is 1. The third-order valence-corrected chi connectivity index (χ3v) is 7.33. The standard InChI is InChI=1S/C25H24ClN5O3S/c1-17-6-5-7-20(14-17)29-25-23(35(33,34)21-8-3-2-4-9-21)24(27)31(30-25)16-22(32)28-15-18-10-12-19(26)13-11-18/h2-14H,15-16,27H2,1H3,(H,28,32)(H,29,30). The molecule has 0 aliphatic rings. The first-order valence-electron chi connectivity index (χ1n) is 10.8. The number of aryl methyl sites for hydroxylation is 1. The van der Waals surface area contributed by atoms with Crippen LogP contribution in [0.3, 0.4) is 0 Å². The Bertz CT molecular complexity index is 1450. The number of nitrogens with one attached hydrogen (secondary N) is 2. The van der Waals surface area contributed by atoms with E-state index in [2.05, 4.69) is 15.7 Å². The zero-order valence-electron chi connectivity index (χ0n) is 18.9. The van der Waals surface area contributed by atoms with Crippen molar-refractivity contribution in [2.75, 3.05) is 11.1 Å². The fraction of sp³-hybridized carbons (Fsp3) is 0.120. The van der Waals surface area contributed by atoms with E-state index in [9.17, 15) is 13.2 Å². The second-order valence-electron chi connectivity index (χ2n) is 7.93. The molecule has 0 spiro atoms. The molecule has 8 nitrogen and oxygen atoms in total. The van der Waals surface area contributed by atoms with E-state index in [-0.39, 0.29) is 40.4 Å². The number of carbonyl (C=O) groups excluding carboxylic acids is 1. The number of nitrogens with zero attached hydrogens (tertiary/aromatic N) is 2. The zero-order chi connectivity index (χ0) is 25.0. The maximum atomic E-state index is 13.5. The van der Waals surface area contributed by atoms with Crippen LogP contribution in [0.15, 0.2) is 88.7 Å². The van der Waals surface area contributed by atoms with Gasteiger partial charge < -0.3 is 16.4 Å². The summed E-state index contributed by atoms with van der Waals surface area (Å²) in [5.41, 5.74) is 8.76. The molecule has 35 heavy (non-hydrogen) atoms. The van der Waals surface area contributed by atoms with Gasteiger partial charge in [-0.15, -0.1) is 0 Å². The number of nitrogen functional groups attached to an aromatic ring is 1. The van der Waals surface area contributed by atoms with Crippen LogP contribution < -0.4 is 16.4 Å². The molecular formula is C25H24ClN5O3S. The Morgan fingerprint density at radius 2 is 1.74 bits per heavy atom. The first kappa shape index (κ1) is 24.3. The number of amides is 1. The molecule has 0 saturated carbocycles. The summed E-state index contributed by atoms with van der Waals surface area (Å²) in [5.74, 6) is -0.465. The molecule has 0 fully saturated rings. The van der Waals surface area contributed by atoms with Crippen molar-refractivity contribution >= 4 is 44.7 Å². The molecule has 3 aromatic carbocycles. The first-order valence-corrected chi connectivity index (χ1v) is 12.6. The molecule has 0 aliphatic carbocycles. The number of nitrogens with two attached hydrogens (primary N) is 1. The number of carbonyl (C=O) groups is 1. The number of aromatic nitrogens is 2. The van der Waals surface area contributed by atoms with Crippen LogP contribution in [0.25, 0.3) is 0 Å². The lowest BCUT2D eigenvalue weighted by molar-refractivity contribution is -0.122. The van der Waals surface area contributed by atoms with E-state index in [4.69, 9.17) is 17.3 Å². The van der Waals surface area contributed by atoms with E-state index in [1.807, 2.05) is 25.1 Å². The van der Waals surface area contributed by atoms with Crippen molar-refractivity contribution in [3.05, 3.63) is 95.0 Å². The van der Waals surface area contributed by atoms with E-state index >= 15 is 0 Å². The van der Waals surface area contributed by atoms with E-state index in [0.29, 0.717) is 10.7 Å². The van der Waals surface area contributed by atoms with Gasteiger partial charge in [0.1, 0.15) is 12.4 Å². The largest absolute Gasteiger partial charge is 0.383 e. The Balaban J connectivity index is 1.65. The Hall–Kier alpha value is -3.82. The van der Waals surface area contributed by atoms with Crippen LogP contribution in [-0.4, -0.2) is 24.1 Å². The fourth-order valence-electron chi connectivity index (χ4n) is 3.50. The van der Waals surface area contributed by atoms with Crippen LogP contribution in [-0.2, 0) is 27.7 Å². The molecule has 0 unspecified atom stereocenters. The van der Waals surface area contributed by atoms with E-state index in [0.717, 1.165) is 11.1 Å². The van der Waals surface area contributed by atoms with Crippen molar-refractivity contribution in [1.82, 2.24) is 15.1 Å². The van der Waals surface area contributed by atoms with Gasteiger partial charge in [0.15, 0.2) is 10.7 Å². The van der Waals surface area contributed by atoms with Gasteiger partial charge in [-0.3, -0.25) is 4.79 Å². The van der Waals surface area contributed by atoms with Crippen molar-refractivity contribution < 1.29 is 13.2 Å². The molecule has 0 aliphatic heterocycles. The summed E-state index contributed by atoms with van der Waals surface area (Å²) in [6.07, 6.45) is 0. The highest BCUT2D eigenvalue weighted by Crippen LogP contribution is 2.34. The van der Waals surface area contributed by atoms with Gasteiger partial charge in [0.25, 0.3) is 0 Å². The van der Waals surface area contributed by atoms with Gasteiger partial charge in [-0.05, 0) is 54.4 Å². The highest BCUT2D eigenvalue weighted by atomic mass is 35.5. The second-order valence-corrected chi connectivity index (χ2v) is 10.3. The van der Waals surface area contributed by atoms with Gasteiger partial charge in [-0.25, -0.2) is 13.1 Å². The summed E-state index contributed by atoms with van der Waals surface area (Å²) in [5, 5.41) is 10.8. The maximum Gasteiger partial charge on any atom is 0.242 e. The summed E-state index contributed by atoms with van der Waals surface area (Å²) in [6.45, 7) is 1.94. The van der Waals surface area contributed by atoms with Crippen LogP contribution in [0.5, 0.6) is 0 Å². The lowest BCUT2D eigenvalue weighted by Gasteiger charge is -2.09. The third-order valence-electron chi connectivity index (χ3n) is 5.25. The number of hydrogen-bond donors (Lipinski definition) is 3. The molecular weight excluding hydrogens is 486 g/mol. The molecule has 0 atom stereocenters. The predicted molar refractivity (Wildman–Crippen MR) is 136 cm³/mol. The minimum atomic E-state index is -4.02. The zero-order valence-corrected chi connectivity index (χ0v) is 20.5. The molecule has 180 valence electrons. The minimum absolute atomic E-state index is 0.0439. The number of benzene rings is 3. The Labute approximate surface area is 208 Å². The van der Waals surface area contributed by atoms with Gasteiger partial charge in [-0.1, -0.05) is 54.1 Å². The summed E-state index contributed by atoms with van der Waals surface area (Å²) in [6, 6.07) is 22.4. The molecule has 0 bridgehead atoms. The van der Waals surface area contributed by atoms with Gasteiger partial charge in [-0.2, -0.15) is 5.10 Å². The molecule has 4 aromatic rings. The fourth-order valence-corrected chi connectivity index (χ4v) is 5.10. The maximum absolute atomic E-state index is 13.5. The van der Waals surface area contributed by atoms with Crippen LogP contribution >= 0.6 is 11.6 Å². The predicted octanol–water partition coefficient (Wildman–Crippen LogP) is 4.32. The van der Waals surface area contributed by atoms with Gasteiger partial charge >= 0.3 is 0 Å². The Morgan fingerprint density at radius 3 is 2.43 bits per heavy atom. The summed E-state index contributed by atoms with van der Waals surface area (Å²) < 4.78 is 28.2. The van der Waals surface area contributed by atoms with Gasteiger partial charge in [0, 0.05) is 17.3 Å².